The highest BCUT2D eigenvalue weighted by atomic mass is 32.1. The lowest BCUT2D eigenvalue weighted by Crippen LogP contribution is -2.42. The molecule has 0 fully saturated rings. The molecule has 9 nitrogen and oxygen atoms in total. The van der Waals surface area contributed by atoms with Crippen LogP contribution in [0.5, 0.6) is 0 Å². The summed E-state index contributed by atoms with van der Waals surface area (Å²) in [5, 5.41) is 19.5. The lowest BCUT2D eigenvalue weighted by molar-refractivity contribution is -0.118. The minimum Gasteiger partial charge on any atom is -0.381 e. The molecule has 0 radical (unpaired) electrons. The van der Waals surface area contributed by atoms with Crippen molar-refractivity contribution in [1.29, 1.82) is 0 Å². The number of carbonyl (C=O) groups is 2. The first-order valence-corrected chi connectivity index (χ1v) is 10.3. The average Bonchev–Trinajstić information content (AvgIpc) is 3.27. The molecule has 1 heterocycles. The molecule has 7 N–H and O–H groups in total. The molecule has 32 heavy (non-hydrogen) atoms. The van der Waals surface area contributed by atoms with Crippen LogP contribution >= 0.6 is 12.2 Å². The van der Waals surface area contributed by atoms with Gasteiger partial charge in [-0.2, -0.15) is 5.10 Å². The zero-order valence-electron chi connectivity index (χ0n) is 17.7. The van der Waals surface area contributed by atoms with Crippen molar-refractivity contribution in [2.75, 3.05) is 14.1 Å². The van der Waals surface area contributed by atoms with Crippen molar-refractivity contribution in [2.24, 2.45) is 5.73 Å². The fraction of sp³-hybridized carbons (Fsp3) is 0.182. The number of likely N-dealkylation sites (N-methyl/N-ethyl adjacent to an activating group) is 1. The number of carbonyl (C=O) groups excluding carboxylic acids is 2. The second-order valence-electron chi connectivity index (χ2n) is 6.92. The normalized spacial score (nSPS) is 12.4. The van der Waals surface area contributed by atoms with E-state index in [1.165, 1.54) is 0 Å². The third kappa shape index (κ3) is 5.03. The Kier molecular flexibility index (Phi) is 7.40. The SMILES string of the molecule is CN/C(NC(=S)C(C(N)=O)c1ccccc1)=C(/NC)C(=O)NCc1cccc2[nH]ncc12. The Labute approximate surface area is 190 Å². The predicted molar refractivity (Wildman–Crippen MR) is 127 cm³/mol. The summed E-state index contributed by atoms with van der Waals surface area (Å²) in [7, 11) is 3.26. The van der Waals surface area contributed by atoms with E-state index < -0.39 is 11.8 Å². The fourth-order valence-electron chi connectivity index (χ4n) is 3.34. The van der Waals surface area contributed by atoms with Gasteiger partial charge in [-0.1, -0.05) is 54.7 Å². The number of rotatable bonds is 9. The largest absolute Gasteiger partial charge is 0.381 e. The molecule has 0 aliphatic heterocycles. The molecule has 0 bridgehead atoms. The number of fused-ring (bicyclic) bond motifs is 1. The Balaban J connectivity index is 1.78. The summed E-state index contributed by atoms with van der Waals surface area (Å²) >= 11 is 5.46. The number of primary amides is 1. The maximum absolute atomic E-state index is 12.9. The Morgan fingerprint density at radius 1 is 1.09 bits per heavy atom. The summed E-state index contributed by atoms with van der Waals surface area (Å²) < 4.78 is 0. The summed E-state index contributed by atoms with van der Waals surface area (Å²) in [4.78, 5) is 25.2. The van der Waals surface area contributed by atoms with E-state index in [2.05, 4.69) is 31.5 Å². The summed E-state index contributed by atoms with van der Waals surface area (Å²) in [6.45, 7) is 0.302. The molecule has 0 spiro atoms. The zero-order valence-corrected chi connectivity index (χ0v) is 18.5. The highest BCUT2D eigenvalue weighted by Crippen LogP contribution is 2.18. The molecule has 10 heteroatoms. The molecule has 2 aromatic carbocycles. The Bertz CT molecular complexity index is 1160. The molecule has 0 saturated carbocycles. The van der Waals surface area contributed by atoms with E-state index in [1.807, 2.05) is 24.3 Å². The number of benzene rings is 2. The van der Waals surface area contributed by atoms with Crippen LogP contribution in [0.15, 0.2) is 66.2 Å². The summed E-state index contributed by atoms with van der Waals surface area (Å²) in [6, 6.07) is 14.7. The van der Waals surface area contributed by atoms with Crippen molar-refractivity contribution < 1.29 is 9.59 Å². The van der Waals surface area contributed by atoms with Crippen molar-refractivity contribution >= 4 is 39.9 Å². The maximum Gasteiger partial charge on any atom is 0.271 e. The fourth-order valence-corrected chi connectivity index (χ4v) is 3.69. The van der Waals surface area contributed by atoms with Crippen LogP contribution in [0.4, 0.5) is 0 Å². The molecular formula is C22H25N7O2S. The first-order chi connectivity index (χ1) is 15.5. The van der Waals surface area contributed by atoms with Gasteiger partial charge in [-0.3, -0.25) is 14.7 Å². The quantitative estimate of drug-likeness (QED) is 0.211. The van der Waals surface area contributed by atoms with Crippen LogP contribution in [0.2, 0.25) is 0 Å². The third-order valence-electron chi connectivity index (χ3n) is 4.92. The van der Waals surface area contributed by atoms with Gasteiger partial charge in [-0.05, 0) is 17.2 Å². The number of aromatic amines is 1. The number of aromatic nitrogens is 2. The molecule has 1 unspecified atom stereocenters. The van der Waals surface area contributed by atoms with Crippen molar-refractivity contribution in [3.8, 4) is 0 Å². The van der Waals surface area contributed by atoms with E-state index in [1.54, 1.807) is 44.6 Å². The maximum atomic E-state index is 12.9. The lowest BCUT2D eigenvalue weighted by atomic mass is 9.98. The summed E-state index contributed by atoms with van der Waals surface area (Å²) in [6.07, 6.45) is 1.72. The van der Waals surface area contributed by atoms with Crippen molar-refractivity contribution in [3.05, 3.63) is 77.4 Å². The van der Waals surface area contributed by atoms with Crippen LogP contribution in [-0.4, -0.2) is 41.1 Å². The van der Waals surface area contributed by atoms with Gasteiger partial charge in [0.15, 0.2) is 0 Å². The number of hydrogen-bond acceptors (Lipinski definition) is 6. The Morgan fingerprint density at radius 2 is 1.84 bits per heavy atom. The average molecular weight is 452 g/mol. The molecule has 2 amide bonds. The highest BCUT2D eigenvalue weighted by molar-refractivity contribution is 7.80. The number of nitrogens with one attached hydrogen (secondary N) is 5. The molecule has 0 aliphatic carbocycles. The smallest absolute Gasteiger partial charge is 0.271 e. The van der Waals surface area contributed by atoms with Gasteiger partial charge < -0.3 is 27.0 Å². The minimum atomic E-state index is -0.839. The van der Waals surface area contributed by atoms with Crippen molar-refractivity contribution in [3.63, 3.8) is 0 Å². The third-order valence-corrected chi connectivity index (χ3v) is 5.26. The second kappa shape index (κ2) is 10.4. The first kappa shape index (κ1) is 22.8. The van der Waals surface area contributed by atoms with Crippen molar-refractivity contribution in [1.82, 2.24) is 31.5 Å². The van der Waals surface area contributed by atoms with E-state index in [9.17, 15) is 9.59 Å². The van der Waals surface area contributed by atoms with E-state index in [4.69, 9.17) is 18.0 Å². The predicted octanol–water partition coefficient (Wildman–Crippen LogP) is 0.973. The van der Waals surface area contributed by atoms with Gasteiger partial charge in [-0.15, -0.1) is 0 Å². The minimum absolute atomic E-state index is 0.178. The number of nitrogens with two attached hydrogens (primary N) is 1. The molecule has 166 valence electrons. The van der Waals surface area contributed by atoms with Crippen LogP contribution in [-0.2, 0) is 16.1 Å². The highest BCUT2D eigenvalue weighted by Gasteiger charge is 2.25. The van der Waals surface area contributed by atoms with E-state index in [0.717, 1.165) is 16.5 Å². The van der Waals surface area contributed by atoms with E-state index in [-0.39, 0.29) is 16.6 Å². The van der Waals surface area contributed by atoms with Crippen LogP contribution < -0.4 is 27.0 Å². The Morgan fingerprint density at radius 3 is 2.50 bits per heavy atom. The van der Waals surface area contributed by atoms with Crippen LogP contribution in [0.3, 0.4) is 0 Å². The van der Waals surface area contributed by atoms with Gasteiger partial charge >= 0.3 is 0 Å². The molecule has 1 atom stereocenters. The molecule has 1 aromatic heterocycles. The number of nitrogens with zero attached hydrogens (tertiary/aromatic N) is 1. The van der Waals surface area contributed by atoms with Gasteiger partial charge in [-0.25, -0.2) is 0 Å². The second-order valence-corrected chi connectivity index (χ2v) is 7.36. The molecule has 0 saturated heterocycles. The topological polar surface area (TPSA) is 137 Å². The van der Waals surface area contributed by atoms with E-state index >= 15 is 0 Å². The number of amides is 2. The molecular weight excluding hydrogens is 426 g/mol. The van der Waals surface area contributed by atoms with Crippen LogP contribution in [0.1, 0.15) is 17.0 Å². The molecule has 3 rings (SSSR count). The zero-order chi connectivity index (χ0) is 23.1. The monoisotopic (exact) mass is 451 g/mol. The van der Waals surface area contributed by atoms with Gasteiger partial charge in [0, 0.05) is 26.0 Å². The number of H-pyrrole nitrogens is 1. The van der Waals surface area contributed by atoms with Crippen molar-refractivity contribution in [2.45, 2.75) is 12.5 Å². The molecule has 0 aliphatic rings. The van der Waals surface area contributed by atoms with E-state index in [0.29, 0.717) is 17.9 Å². The van der Waals surface area contributed by atoms with Gasteiger partial charge in [0.05, 0.1) is 16.7 Å². The lowest BCUT2D eigenvalue weighted by Gasteiger charge is -2.21. The summed E-state index contributed by atoms with van der Waals surface area (Å²) in [5.41, 5.74) is 8.30. The number of hydrogen-bond donors (Lipinski definition) is 6. The van der Waals surface area contributed by atoms with Gasteiger partial charge in [0.1, 0.15) is 17.4 Å². The van der Waals surface area contributed by atoms with Crippen LogP contribution in [0.25, 0.3) is 10.9 Å². The number of thiocarbonyl (C=S) groups is 1. The summed E-state index contributed by atoms with van der Waals surface area (Å²) in [5.74, 6) is -1.47. The van der Waals surface area contributed by atoms with Gasteiger partial charge in [0.25, 0.3) is 5.91 Å². The standard InChI is InChI=1S/C22H25N7O2S/c1-24-18(21(31)26-11-14-9-6-10-16-15(14)12-27-29-16)20(25-2)28-22(32)17(19(23)30)13-7-4-3-5-8-13/h3-10,12,17,24-25H,11H2,1-2H3,(H2,23,30)(H,26,31)(H,27,29)(H,28,32)/b20-18-. The van der Waals surface area contributed by atoms with Crippen LogP contribution in [0, 0.1) is 0 Å². The Hall–Kier alpha value is -3.92. The molecule has 3 aromatic rings. The van der Waals surface area contributed by atoms with Gasteiger partial charge in [0.2, 0.25) is 5.91 Å². The first-order valence-electron chi connectivity index (χ1n) is 9.90.